The van der Waals surface area contributed by atoms with Crippen LogP contribution in [0, 0.1) is 0 Å². The SMILES string of the molecule is OCCNCCOB(O)F. The minimum Gasteiger partial charge on any atom is -0.398 e. The molecule has 10 heavy (non-hydrogen) atoms. The highest BCUT2D eigenvalue weighted by Gasteiger charge is 2.09. The molecule has 0 saturated heterocycles. The highest BCUT2D eigenvalue weighted by molar-refractivity contribution is 6.33. The van der Waals surface area contributed by atoms with Gasteiger partial charge in [-0.1, -0.05) is 0 Å². The number of nitrogens with one attached hydrogen (secondary N) is 1. The number of rotatable bonds is 6. The Labute approximate surface area is 59.2 Å². The second kappa shape index (κ2) is 6.95. The van der Waals surface area contributed by atoms with Crippen LogP contribution in [-0.2, 0) is 4.65 Å². The Morgan fingerprint density at radius 2 is 2.20 bits per heavy atom. The Bertz CT molecular complexity index is 75.5. The van der Waals surface area contributed by atoms with Crippen molar-refractivity contribution in [1.29, 1.82) is 0 Å². The van der Waals surface area contributed by atoms with E-state index in [0.29, 0.717) is 13.1 Å². The standard InChI is InChI=1S/C4H11BFNO3/c6-5(9)10-4-2-7-1-3-8/h7-9H,1-4H2. The molecule has 0 radical (unpaired) electrons. The van der Waals surface area contributed by atoms with E-state index in [1.807, 2.05) is 0 Å². The van der Waals surface area contributed by atoms with Crippen LogP contribution in [0.25, 0.3) is 0 Å². The zero-order valence-corrected chi connectivity index (χ0v) is 5.59. The van der Waals surface area contributed by atoms with E-state index in [4.69, 9.17) is 10.1 Å². The largest absolute Gasteiger partial charge is 0.677 e. The first-order valence-corrected chi connectivity index (χ1v) is 3.02. The van der Waals surface area contributed by atoms with Crippen LogP contribution in [0.1, 0.15) is 0 Å². The summed E-state index contributed by atoms with van der Waals surface area (Å²) in [7, 11) is -2.20. The van der Waals surface area contributed by atoms with Crippen LogP contribution in [-0.4, -0.2) is 43.8 Å². The summed E-state index contributed by atoms with van der Waals surface area (Å²) in [6.45, 7) is 1.00. The summed E-state index contributed by atoms with van der Waals surface area (Å²) in [5, 5.41) is 18.9. The van der Waals surface area contributed by atoms with Crippen molar-refractivity contribution >= 4 is 7.40 Å². The van der Waals surface area contributed by atoms with Crippen molar-refractivity contribution in [2.75, 3.05) is 26.3 Å². The van der Waals surface area contributed by atoms with E-state index in [9.17, 15) is 4.32 Å². The second-order valence-corrected chi connectivity index (χ2v) is 1.64. The molecule has 0 aromatic rings. The zero-order valence-electron chi connectivity index (χ0n) is 5.59. The Balaban J connectivity index is 2.77. The van der Waals surface area contributed by atoms with E-state index in [1.165, 1.54) is 0 Å². The summed E-state index contributed by atoms with van der Waals surface area (Å²) < 4.78 is 15.6. The maximum Gasteiger partial charge on any atom is 0.677 e. The lowest BCUT2D eigenvalue weighted by Crippen LogP contribution is -2.25. The predicted octanol–water partition coefficient (Wildman–Crippen LogP) is -1.47. The molecule has 60 valence electrons. The Morgan fingerprint density at radius 1 is 1.50 bits per heavy atom. The van der Waals surface area contributed by atoms with E-state index in [1.54, 1.807) is 0 Å². The van der Waals surface area contributed by atoms with Gasteiger partial charge in [0.2, 0.25) is 0 Å². The topological polar surface area (TPSA) is 61.7 Å². The summed E-state index contributed by atoms with van der Waals surface area (Å²) in [6, 6.07) is 0. The van der Waals surface area contributed by atoms with Crippen molar-refractivity contribution in [2.24, 2.45) is 0 Å². The van der Waals surface area contributed by atoms with Crippen molar-refractivity contribution in [2.45, 2.75) is 0 Å². The summed E-state index contributed by atoms with van der Waals surface area (Å²) >= 11 is 0. The van der Waals surface area contributed by atoms with Crippen molar-refractivity contribution in [3.8, 4) is 0 Å². The third-order valence-electron chi connectivity index (χ3n) is 0.823. The Hall–Kier alpha value is -0.165. The molecule has 0 fully saturated rings. The molecule has 0 saturated carbocycles. The summed E-state index contributed by atoms with van der Waals surface area (Å²) in [5.74, 6) is 0. The van der Waals surface area contributed by atoms with Gasteiger partial charge in [-0.3, -0.25) is 4.32 Å². The van der Waals surface area contributed by atoms with Gasteiger partial charge in [0, 0.05) is 19.7 Å². The maximum absolute atomic E-state index is 11.5. The molecule has 0 aliphatic rings. The van der Waals surface area contributed by atoms with E-state index in [-0.39, 0.29) is 13.2 Å². The molecule has 0 amide bonds. The highest BCUT2D eigenvalue weighted by Crippen LogP contribution is 1.78. The first-order chi connectivity index (χ1) is 4.77. The van der Waals surface area contributed by atoms with Crippen molar-refractivity contribution < 1.29 is 19.1 Å². The van der Waals surface area contributed by atoms with Gasteiger partial charge in [-0.25, -0.2) is 0 Å². The molecular weight excluding hydrogens is 140 g/mol. The summed E-state index contributed by atoms with van der Waals surface area (Å²) in [5.41, 5.74) is 0. The van der Waals surface area contributed by atoms with Gasteiger partial charge in [-0.15, -0.1) is 0 Å². The smallest absolute Gasteiger partial charge is 0.398 e. The molecule has 0 aliphatic carbocycles. The normalized spacial score (nSPS) is 9.90. The van der Waals surface area contributed by atoms with Crippen LogP contribution in [0.15, 0.2) is 0 Å². The molecule has 0 aromatic carbocycles. The lowest BCUT2D eigenvalue weighted by atomic mass is 10.3. The molecule has 0 unspecified atom stereocenters. The lowest BCUT2D eigenvalue weighted by molar-refractivity contribution is 0.217. The average molecular weight is 151 g/mol. The quantitative estimate of drug-likeness (QED) is 0.320. The molecule has 0 aliphatic heterocycles. The molecule has 0 atom stereocenters. The van der Waals surface area contributed by atoms with E-state index in [2.05, 4.69) is 9.97 Å². The molecule has 0 rings (SSSR count). The zero-order chi connectivity index (χ0) is 7.82. The fraction of sp³-hybridized carbons (Fsp3) is 1.00. The van der Waals surface area contributed by atoms with E-state index in [0.717, 1.165) is 0 Å². The van der Waals surface area contributed by atoms with Gasteiger partial charge in [0.25, 0.3) is 0 Å². The minimum absolute atomic E-state index is 0.0399. The Kier molecular flexibility index (Phi) is 6.83. The number of aliphatic hydroxyl groups is 1. The van der Waals surface area contributed by atoms with Gasteiger partial charge in [-0.05, 0) is 0 Å². The fourth-order valence-corrected chi connectivity index (χ4v) is 0.432. The van der Waals surface area contributed by atoms with Crippen LogP contribution in [0.4, 0.5) is 4.32 Å². The van der Waals surface area contributed by atoms with Gasteiger partial charge < -0.3 is 20.1 Å². The third kappa shape index (κ3) is 7.83. The average Bonchev–Trinajstić information content (AvgIpc) is 1.87. The van der Waals surface area contributed by atoms with Gasteiger partial charge in [0.1, 0.15) is 0 Å². The van der Waals surface area contributed by atoms with Crippen molar-refractivity contribution in [3.63, 3.8) is 0 Å². The summed E-state index contributed by atoms with van der Waals surface area (Å²) in [4.78, 5) is 0. The number of halogens is 1. The second-order valence-electron chi connectivity index (χ2n) is 1.64. The van der Waals surface area contributed by atoms with Gasteiger partial charge in [-0.2, -0.15) is 0 Å². The van der Waals surface area contributed by atoms with Crippen LogP contribution < -0.4 is 5.32 Å². The van der Waals surface area contributed by atoms with Crippen LogP contribution in [0.2, 0.25) is 0 Å². The highest BCUT2D eigenvalue weighted by atomic mass is 19.1. The van der Waals surface area contributed by atoms with Gasteiger partial charge >= 0.3 is 7.40 Å². The molecule has 0 bridgehead atoms. The van der Waals surface area contributed by atoms with Crippen LogP contribution in [0.3, 0.4) is 0 Å². The first kappa shape index (κ1) is 9.83. The molecule has 4 nitrogen and oxygen atoms in total. The van der Waals surface area contributed by atoms with Crippen LogP contribution in [0.5, 0.6) is 0 Å². The fourth-order valence-electron chi connectivity index (χ4n) is 0.432. The maximum atomic E-state index is 11.5. The first-order valence-electron chi connectivity index (χ1n) is 3.02. The predicted molar refractivity (Wildman–Crippen MR) is 35.0 cm³/mol. The van der Waals surface area contributed by atoms with Gasteiger partial charge in [0.15, 0.2) is 0 Å². The van der Waals surface area contributed by atoms with Crippen LogP contribution >= 0.6 is 0 Å². The Morgan fingerprint density at radius 3 is 2.70 bits per heavy atom. The monoisotopic (exact) mass is 151 g/mol. The lowest BCUT2D eigenvalue weighted by Gasteiger charge is -2.01. The third-order valence-corrected chi connectivity index (χ3v) is 0.823. The van der Waals surface area contributed by atoms with Crippen molar-refractivity contribution in [3.05, 3.63) is 0 Å². The number of hydrogen-bond donors (Lipinski definition) is 3. The van der Waals surface area contributed by atoms with Gasteiger partial charge in [0.05, 0.1) is 6.61 Å². The number of hydrogen-bond acceptors (Lipinski definition) is 4. The van der Waals surface area contributed by atoms with E-state index >= 15 is 0 Å². The molecule has 0 spiro atoms. The van der Waals surface area contributed by atoms with Crippen molar-refractivity contribution in [1.82, 2.24) is 5.32 Å². The molecule has 0 aromatic heterocycles. The van der Waals surface area contributed by atoms with E-state index < -0.39 is 7.40 Å². The molecule has 3 N–H and O–H groups in total. The molecule has 0 heterocycles. The molecule has 6 heteroatoms. The summed E-state index contributed by atoms with van der Waals surface area (Å²) in [6.07, 6.45) is 0. The minimum atomic E-state index is -2.20. The number of aliphatic hydroxyl groups excluding tert-OH is 1. The molecular formula is C4H11BFNO3.